The Labute approximate surface area is 97.1 Å². The average molecular weight is 267 g/mol. The van der Waals surface area contributed by atoms with Crippen molar-refractivity contribution >= 4 is 27.7 Å². The molecule has 0 saturated carbocycles. The molecule has 0 N–H and O–H groups in total. The number of rotatable bonds is 1. The molecule has 0 aliphatic heterocycles. The van der Waals surface area contributed by atoms with Crippen LogP contribution in [-0.2, 0) is 16.0 Å². The smallest absolute Gasteiger partial charge is 0.308 e. The van der Waals surface area contributed by atoms with E-state index < -0.39 is 0 Å². The van der Waals surface area contributed by atoms with E-state index in [-0.39, 0.29) is 5.97 Å². The number of aryl methyl sites for hydroxylation is 1. The molecule has 0 unspecified atom stereocenters. The van der Waals surface area contributed by atoms with Gasteiger partial charge in [-0.15, -0.1) is 0 Å². The van der Waals surface area contributed by atoms with Crippen LogP contribution in [0.25, 0.3) is 5.76 Å². The minimum atomic E-state index is -0.269. The Balaban J connectivity index is 2.40. The third-order valence-electron chi connectivity index (χ3n) is 2.33. The number of halogens is 1. The Morgan fingerprint density at radius 2 is 2.27 bits per heavy atom. The largest absolute Gasteiger partial charge is 0.426 e. The van der Waals surface area contributed by atoms with Gasteiger partial charge >= 0.3 is 5.97 Å². The maximum absolute atomic E-state index is 10.9. The highest BCUT2D eigenvalue weighted by Gasteiger charge is 2.15. The van der Waals surface area contributed by atoms with Crippen LogP contribution >= 0.6 is 15.9 Å². The molecule has 78 valence electrons. The maximum atomic E-state index is 10.9. The van der Waals surface area contributed by atoms with E-state index in [0.29, 0.717) is 5.76 Å². The summed E-state index contributed by atoms with van der Waals surface area (Å²) in [5.74, 6) is 0.416. The second kappa shape index (κ2) is 4.19. The quantitative estimate of drug-likeness (QED) is 0.730. The van der Waals surface area contributed by atoms with Gasteiger partial charge in [-0.05, 0) is 36.6 Å². The van der Waals surface area contributed by atoms with Crippen LogP contribution in [0, 0.1) is 0 Å². The zero-order valence-corrected chi connectivity index (χ0v) is 10.0. The van der Waals surface area contributed by atoms with Crippen LogP contribution in [0.2, 0.25) is 0 Å². The van der Waals surface area contributed by atoms with Crippen LogP contribution in [-0.4, -0.2) is 5.97 Å². The molecule has 3 heteroatoms. The summed E-state index contributed by atoms with van der Waals surface area (Å²) >= 11 is 3.42. The third kappa shape index (κ3) is 2.29. The molecule has 1 aliphatic carbocycles. The van der Waals surface area contributed by atoms with E-state index in [2.05, 4.69) is 22.0 Å². The molecule has 0 aromatic heterocycles. The monoisotopic (exact) mass is 266 g/mol. The zero-order chi connectivity index (χ0) is 10.8. The fraction of sp³-hybridized carbons (Fsp3) is 0.250. The Bertz CT molecular complexity index is 435. The topological polar surface area (TPSA) is 26.3 Å². The number of carbonyl (C=O) groups excluding carboxylic acids is 1. The summed E-state index contributed by atoms with van der Waals surface area (Å²) in [5, 5.41) is 0. The molecule has 15 heavy (non-hydrogen) atoms. The SMILES string of the molecule is CC(=O)OC1=CCCc2ccc(Br)cc21. The lowest BCUT2D eigenvalue weighted by Crippen LogP contribution is -2.05. The van der Waals surface area contributed by atoms with Crippen molar-refractivity contribution in [3.63, 3.8) is 0 Å². The third-order valence-corrected chi connectivity index (χ3v) is 2.83. The molecule has 0 radical (unpaired) electrons. The van der Waals surface area contributed by atoms with Crippen LogP contribution in [0.15, 0.2) is 28.7 Å². The van der Waals surface area contributed by atoms with Gasteiger partial charge in [0.1, 0.15) is 5.76 Å². The summed E-state index contributed by atoms with van der Waals surface area (Å²) in [7, 11) is 0. The fourth-order valence-electron chi connectivity index (χ4n) is 1.72. The Morgan fingerprint density at radius 3 is 3.00 bits per heavy atom. The second-order valence-corrected chi connectivity index (χ2v) is 4.42. The number of carbonyl (C=O) groups is 1. The standard InChI is InChI=1S/C12H11BrO2/c1-8(14)15-12-4-2-3-9-5-6-10(13)7-11(9)12/h4-7H,2-3H2,1H3. The highest BCUT2D eigenvalue weighted by atomic mass is 79.9. The van der Waals surface area contributed by atoms with Gasteiger partial charge in [-0.2, -0.15) is 0 Å². The summed E-state index contributed by atoms with van der Waals surface area (Å²) < 4.78 is 6.18. The van der Waals surface area contributed by atoms with Gasteiger partial charge in [0.25, 0.3) is 0 Å². The number of fused-ring (bicyclic) bond motifs is 1. The van der Waals surface area contributed by atoms with Crippen molar-refractivity contribution in [3.05, 3.63) is 39.9 Å². The number of hydrogen-bond acceptors (Lipinski definition) is 2. The number of allylic oxidation sites excluding steroid dienone is 1. The zero-order valence-electron chi connectivity index (χ0n) is 8.42. The molecule has 1 aromatic rings. The van der Waals surface area contributed by atoms with Gasteiger partial charge in [0.05, 0.1) is 0 Å². The van der Waals surface area contributed by atoms with E-state index in [0.717, 1.165) is 22.9 Å². The van der Waals surface area contributed by atoms with Gasteiger partial charge in [-0.25, -0.2) is 0 Å². The highest BCUT2D eigenvalue weighted by molar-refractivity contribution is 9.10. The molecule has 2 nitrogen and oxygen atoms in total. The van der Waals surface area contributed by atoms with E-state index in [1.54, 1.807) is 0 Å². The van der Waals surface area contributed by atoms with Crippen LogP contribution in [0.3, 0.4) is 0 Å². The highest BCUT2D eigenvalue weighted by Crippen LogP contribution is 2.29. The van der Waals surface area contributed by atoms with Gasteiger partial charge in [0, 0.05) is 17.0 Å². The predicted octanol–water partition coefficient (Wildman–Crippen LogP) is 3.30. The van der Waals surface area contributed by atoms with E-state index in [9.17, 15) is 4.79 Å². The van der Waals surface area contributed by atoms with Crippen molar-refractivity contribution in [3.8, 4) is 0 Å². The van der Waals surface area contributed by atoms with E-state index >= 15 is 0 Å². The molecule has 0 fully saturated rings. The lowest BCUT2D eigenvalue weighted by molar-refractivity contribution is -0.134. The summed E-state index contributed by atoms with van der Waals surface area (Å²) in [6.07, 6.45) is 3.90. The molecule has 0 amide bonds. The Kier molecular flexibility index (Phi) is 2.91. The van der Waals surface area contributed by atoms with Gasteiger partial charge in [-0.1, -0.05) is 22.0 Å². The summed E-state index contributed by atoms with van der Waals surface area (Å²) in [5.41, 5.74) is 2.25. The summed E-state index contributed by atoms with van der Waals surface area (Å²) in [6.45, 7) is 1.42. The van der Waals surface area contributed by atoms with Crippen molar-refractivity contribution in [2.24, 2.45) is 0 Å². The predicted molar refractivity (Wildman–Crippen MR) is 62.2 cm³/mol. The molecule has 1 aliphatic rings. The van der Waals surface area contributed by atoms with E-state index in [1.807, 2.05) is 18.2 Å². The van der Waals surface area contributed by atoms with Gasteiger partial charge in [0.15, 0.2) is 0 Å². The molecular weight excluding hydrogens is 256 g/mol. The summed E-state index contributed by atoms with van der Waals surface area (Å²) in [4.78, 5) is 10.9. The second-order valence-electron chi connectivity index (χ2n) is 3.50. The van der Waals surface area contributed by atoms with Crippen molar-refractivity contribution < 1.29 is 9.53 Å². The first-order valence-electron chi connectivity index (χ1n) is 4.84. The molecule has 0 spiro atoms. The first-order chi connectivity index (χ1) is 7.16. The minimum absolute atomic E-state index is 0.269. The number of ether oxygens (including phenoxy) is 1. The van der Waals surface area contributed by atoms with Crippen molar-refractivity contribution in [2.45, 2.75) is 19.8 Å². The van der Waals surface area contributed by atoms with Gasteiger partial charge in [-0.3, -0.25) is 4.79 Å². The molecule has 0 bridgehead atoms. The van der Waals surface area contributed by atoms with Crippen molar-refractivity contribution in [1.82, 2.24) is 0 Å². The normalized spacial score (nSPS) is 14.1. The number of esters is 1. The molecule has 2 rings (SSSR count). The fourth-order valence-corrected chi connectivity index (χ4v) is 2.08. The van der Waals surface area contributed by atoms with Gasteiger partial charge < -0.3 is 4.74 Å². The maximum Gasteiger partial charge on any atom is 0.308 e. The molecule has 1 aromatic carbocycles. The van der Waals surface area contributed by atoms with Crippen LogP contribution in [0.4, 0.5) is 0 Å². The molecule has 0 heterocycles. The summed E-state index contributed by atoms with van der Waals surface area (Å²) in [6, 6.07) is 6.06. The Morgan fingerprint density at radius 1 is 1.47 bits per heavy atom. The van der Waals surface area contributed by atoms with E-state index in [4.69, 9.17) is 4.74 Å². The van der Waals surface area contributed by atoms with Crippen LogP contribution in [0.1, 0.15) is 24.5 Å². The van der Waals surface area contributed by atoms with Crippen molar-refractivity contribution in [2.75, 3.05) is 0 Å². The van der Waals surface area contributed by atoms with E-state index in [1.165, 1.54) is 12.5 Å². The number of benzene rings is 1. The minimum Gasteiger partial charge on any atom is -0.426 e. The molecule has 0 saturated heterocycles. The first-order valence-corrected chi connectivity index (χ1v) is 5.63. The first kappa shape index (κ1) is 10.4. The van der Waals surface area contributed by atoms with Crippen LogP contribution < -0.4 is 0 Å². The molecular formula is C12H11BrO2. The lowest BCUT2D eigenvalue weighted by atomic mass is 9.96. The average Bonchev–Trinajstić information content (AvgIpc) is 2.18. The van der Waals surface area contributed by atoms with Gasteiger partial charge in [0.2, 0.25) is 0 Å². The van der Waals surface area contributed by atoms with Crippen molar-refractivity contribution in [1.29, 1.82) is 0 Å². The lowest BCUT2D eigenvalue weighted by Gasteiger charge is -2.16. The Hall–Kier alpha value is -1.09. The number of hydrogen-bond donors (Lipinski definition) is 0. The van der Waals surface area contributed by atoms with Crippen LogP contribution in [0.5, 0.6) is 0 Å². The molecule has 0 atom stereocenters.